The van der Waals surface area contributed by atoms with Crippen molar-refractivity contribution in [2.24, 2.45) is 11.5 Å². The Labute approximate surface area is 102 Å². The Kier molecular flexibility index (Phi) is 5.93. The lowest BCUT2D eigenvalue weighted by Crippen LogP contribution is -2.03. The highest BCUT2D eigenvalue weighted by atomic mass is 14.7. The van der Waals surface area contributed by atoms with Crippen molar-refractivity contribution in [3.05, 3.63) is 66.0 Å². The van der Waals surface area contributed by atoms with E-state index in [1.54, 1.807) is 6.20 Å². The molecule has 17 heavy (non-hydrogen) atoms. The molecule has 0 unspecified atom stereocenters. The fourth-order valence-electron chi connectivity index (χ4n) is 1.28. The first-order valence-corrected chi connectivity index (χ1v) is 5.64. The maximum atomic E-state index is 5.61. The zero-order valence-corrected chi connectivity index (χ0v) is 10.1. The minimum atomic E-state index is 0.159. The quantitative estimate of drug-likeness (QED) is 0.830. The standard InChI is InChI=1S/C8H11N.C6H8N2/c1-7(9)8-5-3-2-4-6-8;7-5-6-3-1-2-4-8-6/h2-7H,9H2,1H3;1-4H,5,7H2/t7-;/m0./s1. The summed E-state index contributed by atoms with van der Waals surface area (Å²) in [5.74, 6) is 0. The monoisotopic (exact) mass is 229 g/mol. The molecular weight excluding hydrogens is 210 g/mol. The maximum absolute atomic E-state index is 5.61. The van der Waals surface area contributed by atoms with Crippen LogP contribution in [0.3, 0.4) is 0 Å². The van der Waals surface area contributed by atoms with E-state index in [-0.39, 0.29) is 6.04 Å². The number of pyridine rings is 1. The van der Waals surface area contributed by atoms with Crippen LogP contribution >= 0.6 is 0 Å². The number of hydrogen-bond acceptors (Lipinski definition) is 3. The molecule has 0 saturated carbocycles. The lowest BCUT2D eigenvalue weighted by atomic mass is 10.1. The smallest absolute Gasteiger partial charge is 0.0539 e. The molecule has 0 aliphatic rings. The summed E-state index contributed by atoms with van der Waals surface area (Å²) in [6, 6.07) is 15.9. The Morgan fingerprint density at radius 2 is 1.71 bits per heavy atom. The largest absolute Gasteiger partial charge is 0.325 e. The van der Waals surface area contributed by atoms with Crippen LogP contribution in [0.5, 0.6) is 0 Å². The number of rotatable bonds is 2. The highest BCUT2D eigenvalue weighted by Gasteiger charge is 1.93. The van der Waals surface area contributed by atoms with E-state index >= 15 is 0 Å². The van der Waals surface area contributed by atoms with Gasteiger partial charge >= 0.3 is 0 Å². The van der Waals surface area contributed by atoms with Crippen LogP contribution in [0.4, 0.5) is 0 Å². The summed E-state index contributed by atoms with van der Waals surface area (Å²) >= 11 is 0. The summed E-state index contributed by atoms with van der Waals surface area (Å²) in [4.78, 5) is 3.97. The summed E-state index contributed by atoms with van der Waals surface area (Å²) in [5, 5.41) is 0. The lowest BCUT2D eigenvalue weighted by molar-refractivity contribution is 0.818. The van der Waals surface area contributed by atoms with Crippen LogP contribution in [0, 0.1) is 0 Å². The van der Waals surface area contributed by atoms with E-state index in [2.05, 4.69) is 4.98 Å². The molecule has 0 spiro atoms. The fraction of sp³-hybridized carbons (Fsp3) is 0.214. The molecule has 0 aliphatic carbocycles. The van der Waals surface area contributed by atoms with Crippen molar-refractivity contribution in [3.63, 3.8) is 0 Å². The molecule has 1 aromatic heterocycles. The Morgan fingerprint density at radius 3 is 2.06 bits per heavy atom. The van der Waals surface area contributed by atoms with E-state index in [4.69, 9.17) is 11.5 Å². The molecule has 0 fully saturated rings. The molecule has 1 heterocycles. The van der Waals surface area contributed by atoms with Crippen LogP contribution in [-0.2, 0) is 6.54 Å². The number of nitrogens with zero attached hydrogens (tertiary/aromatic N) is 1. The van der Waals surface area contributed by atoms with E-state index in [9.17, 15) is 0 Å². The Hall–Kier alpha value is -1.71. The number of hydrogen-bond donors (Lipinski definition) is 2. The van der Waals surface area contributed by atoms with Crippen LogP contribution in [0.2, 0.25) is 0 Å². The van der Waals surface area contributed by atoms with Gasteiger partial charge in [0.25, 0.3) is 0 Å². The van der Waals surface area contributed by atoms with Gasteiger partial charge in [-0.1, -0.05) is 36.4 Å². The first-order chi connectivity index (χ1) is 8.24. The summed E-state index contributed by atoms with van der Waals surface area (Å²) in [7, 11) is 0. The Morgan fingerprint density at radius 1 is 1.06 bits per heavy atom. The average Bonchev–Trinajstić information content (AvgIpc) is 2.41. The predicted octanol–water partition coefficient (Wildman–Crippen LogP) is 2.25. The van der Waals surface area contributed by atoms with Crippen LogP contribution in [0.25, 0.3) is 0 Å². The second-order valence-corrected chi connectivity index (χ2v) is 3.72. The molecule has 2 aromatic rings. The van der Waals surface area contributed by atoms with Gasteiger partial charge in [0.15, 0.2) is 0 Å². The van der Waals surface area contributed by atoms with E-state index in [1.165, 1.54) is 5.56 Å². The van der Waals surface area contributed by atoms with Crippen LogP contribution in [0.15, 0.2) is 54.7 Å². The molecule has 0 saturated heterocycles. The minimum Gasteiger partial charge on any atom is -0.325 e. The third-order valence-corrected chi connectivity index (χ3v) is 2.26. The number of benzene rings is 1. The summed E-state index contributed by atoms with van der Waals surface area (Å²) in [6.45, 7) is 2.51. The van der Waals surface area contributed by atoms with Gasteiger partial charge in [0, 0.05) is 18.8 Å². The second-order valence-electron chi connectivity index (χ2n) is 3.72. The van der Waals surface area contributed by atoms with E-state index in [0.717, 1.165) is 5.69 Å². The molecule has 0 aliphatic heterocycles. The van der Waals surface area contributed by atoms with Crippen molar-refractivity contribution in [3.8, 4) is 0 Å². The maximum Gasteiger partial charge on any atom is 0.0539 e. The highest BCUT2D eigenvalue weighted by Crippen LogP contribution is 2.06. The van der Waals surface area contributed by atoms with Gasteiger partial charge in [-0.05, 0) is 24.6 Å². The zero-order chi connectivity index (χ0) is 12.5. The van der Waals surface area contributed by atoms with Gasteiger partial charge in [0.05, 0.1) is 5.69 Å². The highest BCUT2D eigenvalue weighted by molar-refractivity contribution is 5.17. The minimum absolute atomic E-state index is 0.159. The Bertz CT molecular complexity index is 398. The van der Waals surface area contributed by atoms with Gasteiger partial charge in [0.2, 0.25) is 0 Å². The van der Waals surface area contributed by atoms with E-state index in [0.29, 0.717) is 6.54 Å². The van der Waals surface area contributed by atoms with E-state index < -0.39 is 0 Å². The molecular formula is C14H19N3. The second kappa shape index (κ2) is 7.54. The van der Waals surface area contributed by atoms with Crippen molar-refractivity contribution in [2.45, 2.75) is 19.5 Å². The van der Waals surface area contributed by atoms with Crippen molar-refractivity contribution < 1.29 is 0 Å². The molecule has 1 atom stereocenters. The van der Waals surface area contributed by atoms with Crippen LogP contribution in [0.1, 0.15) is 24.2 Å². The van der Waals surface area contributed by atoms with Gasteiger partial charge in [-0.25, -0.2) is 0 Å². The first kappa shape index (κ1) is 13.4. The van der Waals surface area contributed by atoms with Crippen molar-refractivity contribution in [2.75, 3.05) is 0 Å². The SMILES string of the molecule is C[C@H](N)c1ccccc1.NCc1ccccn1. The van der Waals surface area contributed by atoms with Gasteiger partial charge in [-0.2, -0.15) is 0 Å². The average molecular weight is 229 g/mol. The molecule has 2 rings (SSSR count). The van der Waals surface area contributed by atoms with Gasteiger partial charge in [-0.3, -0.25) is 4.98 Å². The molecule has 3 heteroatoms. The normalized spacial score (nSPS) is 11.2. The lowest BCUT2D eigenvalue weighted by Gasteiger charge is -2.02. The third-order valence-electron chi connectivity index (χ3n) is 2.26. The molecule has 0 amide bonds. The van der Waals surface area contributed by atoms with Gasteiger partial charge in [0.1, 0.15) is 0 Å². The summed E-state index contributed by atoms with van der Waals surface area (Å²) < 4.78 is 0. The van der Waals surface area contributed by atoms with E-state index in [1.807, 2.05) is 55.5 Å². The van der Waals surface area contributed by atoms with Crippen LogP contribution < -0.4 is 11.5 Å². The Balaban J connectivity index is 0.000000171. The summed E-state index contributed by atoms with van der Waals surface area (Å²) in [5.41, 5.74) is 13.0. The predicted molar refractivity (Wildman–Crippen MR) is 71.2 cm³/mol. The molecule has 3 nitrogen and oxygen atoms in total. The molecule has 1 aromatic carbocycles. The molecule has 0 bridgehead atoms. The molecule has 0 radical (unpaired) electrons. The number of nitrogens with two attached hydrogens (primary N) is 2. The van der Waals surface area contributed by atoms with Crippen molar-refractivity contribution in [1.82, 2.24) is 4.98 Å². The molecule has 4 N–H and O–H groups in total. The summed E-state index contributed by atoms with van der Waals surface area (Å²) in [6.07, 6.45) is 1.74. The first-order valence-electron chi connectivity index (χ1n) is 5.64. The number of aromatic nitrogens is 1. The topological polar surface area (TPSA) is 64.9 Å². The molecule has 90 valence electrons. The third kappa shape index (κ3) is 5.24. The fourth-order valence-corrected chi connectivity index (χ4v) is 1.28. The zero-order valence-electron chi connectivity index (χ0n) is 10.1. The van der Waals surface area contributed by atoms with Crippen molar-refractivity contribution in [1.29, 1.82) is 0 Å². The van der Waals surface area contributed by atoms with Crippen molar-refractivity contribution >= 4 is 0 Å². The van der Waals surface area contributed by atoms with Gasteiger partial charge < -0.3 is 11.5 Å². The van der Waals surface area contributed by atoms with Gasteiger partial charge in [-0.15, -0.1) is 0 Å². The van der Waals surface area contributed by atoms with Crippen LogP contribution in [-0.4, -0.2) is 4.98 Å².